The summed E-state index contributed by atoms with van der Waals surface area (Å²) >= 11 is 0. The molecule has 1 fully saturated rings. The van der Waals surface area contributed by atoms with Crippen LogP contribution in [0.2, 0.25) is 0 Å². The Morgan fingerprint density at radius 3 is 1.44 bits per heavy atom. The van der Waals surface area contributed by atoms with Crippen LogP contribution in [-0.4, -0.2) is 24.0 Å². The smallest absolute Gasteiger partial charge is 0.00951 e. The third-order valence-electron chi connectivity index (χ3n) is 6.42. The molecular weight excluding hydrogens is 466 g/mol. The van der Waals surface area contributed by atoms with Gasteiger partial charge in [-0.2, -0.15) is 0 Å². The van der Waals surface area contributed by atoms with Gasteiger partial charge in [-0.15, -0.1) is 0 Å². The number of hydrogen-bond acceptors (Lipinski definition) is 1. The fourth-order valence-corrected chi connectivity index (χ4v) is 4.70. The van der Waals surface area contributed by atoms with E-state index in [9.17, 15) is 0 Å². The average Bonchev–Trinajstić information content (AvgIpc) is 2.64. The summed E-state index contributed by atoms with van der Waals surface area (Å²) in [4.78, 5) is 2.91. The average molecular weight is 518 g/mol. The fraction of sp³-hybridized carbons (Fsp3) is 1.00. The van der Waals surface area contributed by atoms with Crippen molar-refractivity contribution in [1.29, 1.82) is 0 Å². The van der Waals surface area contributed by atoms with Gasteiger partial charge in [-0.25, -0.2) is 0 Å². The van der Waals surface area contributed by atoms with E-state index in [0.29, 0.717) is 0 Å². The first-order valence-corrected chi connectivity index (χ1v) is 12.6. The van der Waals surface area contributed by atoms with E-state index in [1.54, 1.807) is 0 Å². The van der Waals surface area contributed by atoms with Crippen LogP contribution >= 0.6 is 0 Å². The van der Waals surface area contributed by atoms with Crippen molar-refractivity contribution in [3.05, 3.63) is 0 Å². The van der Waals surface area contributed by atoms with E-state index in [4.69, 9.17) is 0 Å². The minimum absolute atomic E-state index is 0. The summed E-state index contributed by atoms with van der Waals surface area (Å²) in [5.74, 6) is 0. The van der Waals surface area contributed by atoms with Gasteiger partial charge in [0.2, 0.25) is 0 Å². The molecule has 1 heterocycles. The van der Waals surface area contributed by atoms with Crippen molar-refractivity contribution in [2.75, 3.05) is 13.1 Å². The molecule has 0 bridgehead atoms. The molecule has 2 heteroatoms. The molecule has 0 aromatic carbocycles. The second-order valence-corrected chi connectivity index (χ2v) is 8.92. The summed E-state index contributed by atoms with van der Waals surface area (Å²) in [7, 11) is 0. The number of unbranched alkanes of at least 4 members (excludes halogenated alkanes) is 7. The molecule has 1 atom stereocenters. The van der Waals surface area contributed by atoms with Crippen LogP contribution in [0.3, 0.4) is 0 Å². The summed E-state index contributed by atoms with van der Waals surface area (Å²) in [6.45, 7) is 7.45. The molecule has 1 aliphatic rings. The zero-order valence-electron chi connectivity index (χ0n) is 19.0. The van der Waals surface area contributed by atoms with E-state index >= 15 is 0 Å². The Kier molecular flexibility index (Phi) is 23.5. The second-order valence-electron chi connectivity index (χ2n) is 8.92. The third-order valence-corrected chi connectivity index (χ3v) is 6.42. The van der Waals surface area contributed by atoms with Gasteiger partial charge in [-0.3, -0.25) is 0 Å². The zero-order valence-corrected chi connectivity index (χ0v) is 21.4. The van der Waals surface area contributed by atoms with Crippen molar-refractivity contribution >= 4 is 0 Å². The Morgan fingerprint density at radius 1 is 0.519 bits per heavy atom. The molecule has 0 spiro atoms. The van der Waals surface area contributed by atoms with Gasteiger partial charge in [-0.1, -0.05) is 117 Å². The SMILES string of the molecule is CCCCCCCCCCC(CCC)N1CCCCCCCCCCC1.[Eu]. The number of hydrogen-bond donors (Lipinski definition) is 0. The maximum atomic E-state index is 2.91. The van der Waals surface area contributed by atoms with E-state index < -0.39 is 0 Å². The molecule has 0 amide bonds. The van der Waals surface area contributed by atoms with Crippen molar-refractivity contribution in [3.63, 3.8) is 0 Å². The van der Waals surface area contributed by atoms with Crippen LogP contribution in [0.1, 0.15) is 142 Å². The fourth-order valence-electron chi connectivity index (χ4n) is 4.70. The zero-order chi connectivity index (χ0) is 18.7. The van der Waals surface area contributed by atoms with Crippen LogP contribution in [0, 0.1) is 49.4 Å². The molecule has 0 saturated carbocycles. The second kappa shape index (κ2) is 22.2. The predicted molar refractivity (Wildman–Crippen MR) is 119 cm³/mol. The predicted octanol–water partition coefficient (Wildman–Crippen LogP) is 8.51. The molecule has 0 aromatic rings. The Labute approximate surface area is 213 Å². The van der Waals surface area contributed by atoms with Gasteiger partial charge in [0.25, 0.3) is 0 Å². The van der Waals surface area contributed by atoms with E-state index in [0.717, 1.165) is 6.04 Å². The minimum atomic E-state index is 0. The molecule has 1 saturated heterocycles. The molecule has 1 nitrogen and oxygen atoms in total. The maximum absolute atomic E-state index is 2.91. The van der Waals surface area contributed by atoms with Gasteiger partial charge in [0.05, 0.1) is 0 Å². The first-order valence-electron chi connectivity index (χ1n) is 12.6. The molecule has 0 aliphatic carbocycles. The number of nitrogens with zero attached hydrogens (tertiary/aromatic N) is 1. The molecule has 27 heavy (non-hydrogen) atoms. The standard InChI is InChI=1S/C25H51N.Eu/c1-3-5-6-7-8-12-15-18-22-25(21-4-2)26-23-19-16-13-10-9-11-14-17-20-24-26;/h25H,3-24H2,1-2H3;. The summed E-state index contributed by atoms with van der Waals surface area (Å²) in [6, 6.07) is 0.878. The van der Waals surface area contributed by atoms with E-state index in [-0.39, 0.29) is 49.4 Å². The quantitative estimate of drug-likeness (QED) is 0.235. The molecule has 1 aliphatic heterocycles. The van der Waals surface area contributed by atoms with Gasteiger partial charge in [0.15, 0.2) is 0 Å². The molecule has 0 aromatic heterocycles. The summed E-state index contributed by atoms with van der Waals surface area (Å²) in [5, 5.41) is 0. The monoisotopic (exact) mass is 518 g/mol. The van der Waals surface area contributed by atoms with Gasteiger partial charge in [0.1, 0.15) is 0 Å². The minimum Gasteiger partial charge on any atom is -0.300 e. The number of rotatable bonds is 12. The summed E-state index contributed by atoms with van der Waals surface area (Å²) < 4.78 is 0. The van der Waals surface area contributed by atoms with E-state index in [1.165, 1.54) is 142 Å². The van der Waals surface area contributed by atoms with Gasteiger partial charge in [-0.05, 0) is 38.8 Å². The van der Waals surface area contributed by atoms with Crippen LogP contribution in [0.4, 0.5) is 0 Å². The van der Waals surface area contributed by atoms with Crippen molar-refractivity contribution in [2.45, 2.75) is 148 Å². The Balaban J connectivity index is 0.00000676. The van der Waals surface area contributed by atoms with Crippen LogP contribution in [0.5, 0.6) is 0 Å². The largest absolute Gasteiger partial charge is 0.300 e. The summed E-state index contributed by atoms with van der Waals surface area (Å²) in [6.07, 6.45) is 29.1. The topological polar surface area (TPSA) is 3.24 Å². The molecule has 0 N–H and O–H groups in total. The third kappa shape index (κ3) is 17.0. The van der Waals surface area contributed by atoms with Gasteiger partial charge >= 0.3 is 0 Å². The Bertz CT molecular complexity index is 269. The Morgan fingerprint density at radius 2 is 0.963 bits per heavy atom. The van der Waals surface area contributed by atoms with Crippen LogP contribution in [0.25, 0.3) is 0 Å². The normalized spacial score (nSPS) is 18.9. The summed E-state index contributed by atoms with van der Waals surface area (Å²) in [5.41, 5.74) is 0. The van der Waals surface area contributed by atoms with Crippen molar-refractivity contribution in [3.8, 4) is 0 Å². The Hall–Kier alpha value is 1.54. The van der Waals surface area contributed by atoms with Crippen LogP contribution in [0.15, 0.2) is 0 Å². The molecule has 1 radical (unpaired) electrons. The van der Waals surface area contributed by atoms with Gasteiger partial charge < -0.3 is 4.90 Å². The molecular formula is C25H51EuN. The van der Waals surface area contributed by atoms with Crippen LogP contribution < -0.4 is 0 Å². The van der Waals surface area contributed by atoms with Crippen molar-refractivity contribution in [2.24, 2.45) is 0 Å². The van der Waals surface area contributed by atoms with Gasteiger partial charge in [0, 0.05) is 55.4 Å². The molecule has 1 rings (SSSR count). The van der Waals surface area contributed by atoms with E-state index in [2.05, 4.69) is 18.7 Å². The van der Waals surface area contributed by atoms with Crippen molar-refractivity contribution < 1.29 is 49.4 Å². The van der Waals surface area contributed by atoms with E-state index in [1.807, 2.05) is 0 Å². The first-order chi connectivity index (χ1) is 12.9. The van der Waals surface area contributed by atoms with Crippen LogP contribution in [-0.2, 0) is 0 Å². The maximum Gasteiger partial charge on any atom is 0.00951 e. The molecule has 163 valence electrons. The molecule has 1 unspecified atom stereocenters. The van der Waals surface area contributed by atoms with Crippen molar-refractivity contribution in [1.82, 2.24) is 4.90 Å². The first kappa shape index (κ1) is 28.5.